The molecule has 0 amide bonds. The molecule has 0 saturated carbocycles. The highest BCUT2D eigenvalue weighted by Gasteiger charge is 2.16. The summed E-state index contributed by atoms with van der Waals surface area (Å²) in [5.74, 6) is 1.36. The van der Waals surface area contributed by atoms with Gasteiger partial charge in [-0.1, -0.05) is 56.6 Å². The summed E-state index contributed by atoms with van der Waals surface area (Å²) in [6.07, 6.45) is 1.77. The van der Waals surface area contributed by atoms with Crippen LogP contribution < -0.4 is 9.62 Å². The van der Waals surface area contributed by atoms with Crippen molar-refractivity contribution in [3.8, 4) is 33.1 Å². The van der Waals surface area contributed by atoms with Crippen molar-refractivity contribution in [2.24, 2.45) is 0 Å². The quantitative estimate of drug-likeness (QED) is 0.137. The third-order valence-corrected chi connectivity index (χ3v) is 6.96. The van der Waals surface area contributed by atoms with Crippen molar-refractivity contribution in [3.05, 3.63) is 51.3 Å². The molecule has 0 bridgehead atoms. The van der Waals surface area contributed by atoms with E-state index < -0.39 is 0 Å². The van der Waals surface area contributed by atoms with Gasteiger partial charge in [0.2, 0.25) is 0 Å². The SMILES string of the molecule is COc1ccc(-c2c(-c3ccc(OOSC)cc3Cl)ssc2=S)cc1. The Bertz CT molecular complexity index is 918. The van der Waals surface area contributed by atoms with Gasteiger partial charge in [0.1, 0.15) is 9.57 Å². The lowest BCUT2D eigenvalue weighted by Gasteiger charge is -2.08. The van der Waals surface area contributed by atoms with Crippen LogP contribution >= 0.6 is 56.5 Å². The van der Waals surface area contributed by atoms with Crippen LogP contribution in [0.4, 0.5) is 0 Å². The second kappa shape index (κ2) is 8.53. The summed E-state index contributed by atoms with van der Waals surface area (Å²) in [7, 11) is 4.83. The lowest BCUT2D eigenvalue weighted by Crippen LogP contribution is -1.89. The van der Waals surface area contributed by atoms with Crippen LogP contribution in [0.15, 0.2) is 42.5 Å². The van der Waals surface area contributed by atoms with Crippen molar-refractivity contribution < 1.29 is 14.0 Å². The molecule has 2 aromatic carbocycles. The predicted octanol–water partition coefficient (Wildman–Crippen LogP) is 7.12. The van der Waals surface area contributed by atoms with Gasteiger partial charge in [-0.25, -0.2) is 0 Å². The van der Waals surface area contributed by atoms with Gasteiger partial charge in [0.15, 0.2) is 5.75 Å². The molecule has 0 aliphatic heterocycles. The molecule has 0 unspecified atom stereocenters. The molecule has 3 aromatic rings. The highest BCUT2D eigenvalue weighted by atomic mass is 35.5. The van der Waals surface area contributed by atoms with Crippen LogP contribution in [0, 0.1) is 3.82 Å². The minimum absolute atomic E-state index is 0.549. The van der Waals surface area contributed by atoms with Gasteiger partial charge >= 0.3 is 0 Å². The monoisotopic (exact) mass is 428 g/mol. The van der Waals surface area contributed by atoms with Crippen LogP contribution in [-0.2, 0) is 4.33 Å². The van der Waals surface area contributed by atoms with Crippen molar-refractivity contribution in [2.75, 3.05) is 13.4 Å². The summed E-state index contributed by atoms with van der Waals surface area (Å²) in [5, 5.41) is 0.584. The van der Waals surface area contributed by atoms with Gasteiger partial charge in [-0.15, -0.1) is 4.33 Å². The van der Waals surface area contributed by atoms with Gasteiger partial charge in [-0.3, -0.25) is 0 Å². The Morgan fingerprint density at radius 3 is 2.40 bits per heavy atom. The van der Waals surface area contributed by atoms with Crippen LogP contribution in [0.5, 0.6) is 11.5 Å². The van der Waals surface area contributed by atoms with Crippen LogP contribution in [0.25, 0.3) is 21.6 Å². The van der Waals surface area contributed by atoms with E-state index in [2.05, 4.69) is 0 Å². The largest absolute Gasteiger partial charge is 0.497 e. The topological polar surface area (TPSA) is 27.7 Å². The average Bonchev–Trinajstić information content (AvgIpc) is 3.01. The second-order valence-electron chi connectivity index (χ2n) is 4.85. The first-order valence-electron chi connectivity index (χ1n) is 7.09. The van der Waals surface area contributed by atoms with E-state index in [1.165, 1.54) is 0 Å². The number of hydrogen-bond acceptors (Lipinski definition) is 7. The molecule has 8 heteroatoms. The van der Waals surface area contributed by atoms with E-state index in [9.17, 15) is 0 Å². The molecule has 0 saturated heterocycles. The van der Waals surface area contributed by atoms with E-state index >= 15 is 0 Å². The Kier molecular flexibility index (Phi) is 6.38. The first-order valence-corrected chi connectivity index (χ1v) is 11.2. The van der Waals surface area contributed by atoms with E-state index in [1.807, 2.05) is 36.4 Å². The summed E-state index contributed by atoms with van der Waals surface area (Å²) < 4.78 is 10.9. The average molecular weight is 429 g/mol. The maximum Gasteiger partial charge on any atom is 0.168 e. The molecule has 0 fully saturated rings. The van der Waals surface area contributed by atoms with Crippen LogP contribution in [0.3, 0.4) is 0 Å². The molecule has 1 aromatic heterocycles. The molecular formula is C17H13ClO3S4. The van der Waals surface area contributed by atoms with Crippen molar-refractivity contribution >= 4 is 56.5 Å². The van der Waals surface area contributed by atoms with Gasteiger partial charge in [0.05, 0.1) is 17.0 Å². The second-order valence-corrected chi connectivity index (χ2v) is 8.54. The zero-order chi connectivity index (χ0) is 17.8. The molecular weight excluding hydrogens is 416 g/mol. The van der Waals surface area contributed by atoms with E-state index in [-0.39, 0.29) is 0 Å². The third kappa shape index (κ3) is 4.19. The number of rotatable bonds is 6. The summed E-state index contributed by atoms with van der Waals surface area (Å²) in [6, 6.07) is 13.3. The zero-order valence-electron chi connectivity index (χ0n) is 13.3. The fourth-order valence-corrected chi connectivity index (χ4v) is 5.65. The summed E-state index contributed by atoms with van der Waals surface area (Å²) in [6.45, 7) is 0. The summed E-state index contributed by atoms with van der Waals surface area (Å²) >= 11 is 13.1. The normalized spacial score (nSPS) is 10.7. The molecule has 0 atom stereocenters. The molecule has 0 spiro atoms. The molecule has 1 heterocycles. The van der Waals surface area contributed by atoms with Gasteiger partial charge in [0.25, 0.3) is 0 Å². The maximum absolute atomic E-state index is 6.47. The highest BCUT2D eigenvalue weighted by molar-refractivity contribution is 7.93. The minimum Gasteiger partial charge on any atom is -0.497 e. The molecule has 0 aliphatic rings. The van der Waals surface area contributed by atoms with Gasteiger partial charge in [-0.05, 0) is 29.8 Å². The van der Waals surface area contributed by atoms with Crippen LogP contribution in [-0.4, -0.2) is 13.4 Å². The summed E-state index contributed by atoms with van der Waals surface area (Å²) in [4.78, 5) is 6.17. The first-order chi connectivity index (χ1) is 12.1. The Balaban J connectivity index is 2.02. The van der Waals surface area contributed by atoms with Crippen molar-refractivity contribution in [1.29, 1.82) is 0 Å². The van der Waals surface area contributed by atoms with Crippen LogP contribution in [0.2, 0.25) is 5.02 Å². The Labute approximate surface area is 167 Å². The zero-order valence-corrected chi connectivity index (χ0v) is 17.3. The number of methoxy groups -OCH3 is 1. The smallest absolute Gasteiger partial charge is 0.168 e. The first kappa shape index (κ1) is 18.7. The molecule has 0 aliphatic carbocycles. The summed E-state index contributed by atoms with van der Waals surface area (Å²) in [5.41, 5.74) is 2.98. The minimum atomic E-state index is 0.549. The maximum atomic E-state index is 6.47. The number of halogens is 1. The molecule has 25 heavy (non-hydrogen) atoms. The lowest BCUT2D eigenvalue weighted by atomic mass is 10.0. The predicted molar refractivity (Wildman–Crippen MR) is 111 cm³/mol. The molecule has 3 rings (SSSR count). The molecule has 3 nitrogen and oxygen atoms in total. The number of benzene rings is 2. The van der Waals surface area contributed by atoms with Gasteiger partial charge in [-0.2, -0.15) is 0 Å². The Morgan fingerprint density at radius 2 is 1.76 bits per heavy atom. The standard InChI is InChI=1S/C17H13ClO3S4/c1-19-11-5-3-10(4-6-11)15-16(24-25-17(15)22)13-8-7-12(9-14(13)18)20-21-23-2/h3-9H,1-2H3. The third-order valence-electron chi connectivity index (χ3n) is 3.39. The fourth-order valence-electron chi connectivity index (χ4n) is 2.25. The molecule has 0 radical (unpaired) electrons. The van der Waals surface area contributed by atoms with E-state index in [1.54, 1.807) is 40.1 Å². The van der Waals surface area contributed by atoms with E-state index in [0.717, 1.165) is 43.2 Å². The number of ether oxygens (including phenoxy) is 1. The van der Waals surface area contributed by atoms with Crippen LogP contribution in [0.1, 0.15) is 0 Å². The highest BCUT2D eigenvalue weighted by Crippen LogP contribution is 2.44. The lowest BCUT2D eigenvalue weighted by molar-refractivity contribution is -0.0770. The van der Waals surface area contributed by atoms with Crippen molar-refractivity contribution in [3.63, 3.8) is 0 Å². The number of hydrogen-bond donors (Lipinski definition) is 0. The van der Waals surface area contributed by atoms with Crippen molar-refractivity contribution in [1.82, 2.24) is 0 Å². The molecule has 130 valence electrons. The van der Waals surface area contributed by atoms with Gasteiger partial charge < -0.3 is 9.62 Å². The van der Waals surface area contributed by atoms with E-state index in [0.29, 0.717) is 10.8 Å². The van der Waals surface area contributed by atoms with E-state index in [4.69, 9.17) is 37.8 Å². The van der Waals surface area contributed by atoms with Gasteiger partial charge in [0, 0.05) is 35.5 Å². The Morgan fingerprint density at radius 1 is 1.04 bits per heavy atom. The van der Waals surface area contributed by atoms with Crippen molar-refractivity contribution in [2.45, 2.75) is 0 Å². The molecule has 0 N–H and O–H groups in total. The fraction of sp³-hybridized carbons (Fsp3) is 0.118. The Hall–Kier alpha value is -1.09.